The topological polar surface area (TPSA) is 43.4 Å². The summed E-state index contributed by atoms with van der Waals surface area (Å²) in [4.78, 5) is 24.0. The molecule has 0 spiro atoms. The zero-order valence-electron chi connectivity index (χ0n) is 21.0. The van der Waals surface area contributed by atoms with Crippen LogP contribution in [0.1, 0.15) is 110 Å². The van der Waals surface area contributed by atoms with Crippen molar-refractivity contribution in [2.45, 2.75) is 116 Å². The van der Waals surface area contributed by atoms with Crippen molar-refractivity contribution in [1.82, 2.24) is 0 Å². The number of carbonyl (C=O) groups is 2. The summed E-state index contributed by atoms with van der Waals surface area (Å²) in [6.45, 7) is 4.00. The molecule has 7 atom stereocenters. The molecule has 0 N–H and O–H groups in total. The molecule has 0 radical (unpaired) electrons. The second kappa shape index (κ2) is 11.4. The molecule has 4 aliphatic rings. The van der Waals surface area contributed by atoms with Crippen LogP contribution in [0.2, 0.25) is 0 Å². The van der Waals surface area contributed by atoms with E-state index in [1.165, 1.54) is 76.2 Å². The van der Waals surface area contributed by atoms with Crippen LogP contribution in [0.4, 0.5) is 0 Å². The lowest BCUT2D eigenvalue weighted by molar-refractivity contribution is -0.157. The van der Waals surface area contributed by atoms with Crippen molar-refractivity contribution in [3.05, 3.63) is 11.6 Å². The molecule has 1 unspecified atom stereocenters. The zero-order valence-corrected chi connectivity index (χ0v) is 22.5. The molecule has 0 amide bonds. The van der Waals surface area contributed by atoms with E-state index in [9.17, 15) is 9.59 Å². The Kier molecular flexibility index (Phi) is 8.79. The maximum atomic E-state index is 12.2. The molecule has 0 aromatic rings. The van der Waals surface area contributed by atoms with Gasteiger partial charge in [0.25, 0.3) is 0 Å². The van der Waals surface area contributed by atoms with Gasteiger partial charge in [0.05, 0.1) is 0 Å². The van der Waals surface area contributed by atoms with Crippen molar-refractivity contribution >= 4 is 27.7 Å². The highest BCUT2D eigenvalue weighted by Crippen LogP contribution is 2.64. The number of hydrogen-bond donors (Lipinski definition) is 0. The third-order valence-corrected chi connectivity index (χ3v) is 10.5. The van der Waals surface area contributed by atoms with Crippen molar-refractivity contribution in [3.8, 4) is 0 Å². The molecular formula is C29H45BrO3. The SMILES string of the molecule is CC(=O)O[C@H]1CC[C@H]2[C@@H]3[C@@H](CCCCCCCCCBr)CC4=CC(=O)CCC4[C@H]3CC[C@]12C. The number of ether oxygens (including phenoxy) is 1. The summed E-state index contributed by atoms with van der Waals surface area (Å²) in [5.41, 5.74) is 1.64. The number of hydrogen-bond acceptors (Lipinski definition) is 3. The first kappa shape index (κ1) is 25.5. The van der Waals surface area contributed by atoms with E-state index in [1.807, 2.05) is 6.08 Å². The fraction of sp³-hybridized carbons (Fsp3) is 0.862. The molecule has 0 bridgehead atoms. The van der Waals surface area contributed by atoms with E-state index in [-0.39, 0.29) is 17.5 Å². The Balaban J connectivity index is 1.44. The van der Waals surface area contributed by atoms with Crippen LogP contribution in [-0.4, -0.2) is 23.2 Å². The third kappa shape index (κ3) is 5.62. The second-order valence-electron chi connectivity index (χ2n) is 11.8. The molecule has 3 nitrogen and oxygen atoms in total. The molecule has 3 saturated carbocycles. The highest BCUT2D eigenvalue weighted by atomic mass is 79.9. The normalized spacial score (nSPS) is 37.7. The van der Waals surface area contributed by atoms with Crippen LogP contribution in [0.25, 0.3) is 0 Å². The average molecular weight is 522 g/mol. The maximum Gasteiger partial charge on any atom is 0.302 e. The fourth-order valence-corrected chi connectivity index (χ4v) is 8.80. The van der Waals surface area contributed by atoms with Gasteiger partial charge in [0.15, 0.2) is 5.78 Å². The summed E-state index contributed by atoms with van der Waals surface area (Å²) in [5.74, 6) is 3.75. The Morgan fingerprint density at radius 2 is 1.79 bits per heavy atom. The van der Waals surface area contributed by atoms with Gasteiger partial charge in [-0.25, -0.2) is 0 Å². The molecule has 4 rings (SSSR count). The first-order chi connectivity index (χ1) is 15.9. The molecule has 0 saturated heterocycles. The van der Waals surface area contributed by atoms with Crippen molar-refractivity contribution < 1.29 is 14.3 Å². The number of unbranched alkanes of at least 4 members (excludes halogenated alkanes) is 6. The molecule has 3 fully saturated rings. The fourth-order valence-electron chi connectivity index (χ4n) is 8.40. The first-order valence-corrected chi connectivity index (χ1v) is 15.0. The summed E-state index contributed by atoms with van der Waals surface area (Å²) in [5, 5.41) is 1.13. The average Bonchev–Trinajstić information content (AvgIpc) is 3.10. The number of allylic oxidation sites excluding steroid dienone is 1. The summed E-state index contributed by atoms with van der Waals surface area (Å²) in [7, 11) is 0. The van der Waals surface area contributed by atoms with Gasteiger partial charge in [0.2, 0.25) is 0 Å². The number of rotatable bonds is 10. The molecule has 4 heteroatoms. The van der Waals surface area contributed by atoms with Gasteiger partial charge < -0.3 is 4.74 Å². The van der Waals surface area contributed by atoms with Crippen LogP contribution in [0.3, 0.4) is 0 Å². The minimum atomic E-state index is -0.115. The Morgan fingerprint density at radius 1 is 1.06 bits per heavy atom. The van der Waals surface area contributed by atoms with E-state index in [0.29, 0.717) is 23.5 Å². The standard InChI is InChI=1S/C29H45BrO3/c1-20(31)33-27-14-13-26-28-21(10-8-6-4-3-5-7-9-17-30)18-22-19-23(32)11-12-24(22)25(28)15-16-29(26,27)2/h19,21,24-28H,3-18H2,1-2H3/t21-,24?,25+,26-,27-,28+,29-/m0/s1. The van der Waals surface area contributed by atoms with Crippen molar-refractivity contribution in [1.29, 1.82) is 0 Å². The van der Waals surface area contributed by atoms with E-state index >= 15 is 0 Å². The van der Waals surface area contributed by atoms with Gasteiger partial charge >= 0.3 is 5.97 Å². The van der Waals surface area contributed by atoms with Crippen LogP contribution < -0.4 is 0 Å². The Labute approximate surface area is 210 Å². The lowest BCUT2D eigenvalue weighted by atomic mass is 9.49. The number of esters is 1. The number of ketones is 1. The molecular weight excluding hydrogens is 476 g/mol. The summed E-state index contributed by atoms with van der Waals surface area (Å²) >= 11 is 3.53. The van der Waals surface area contributed by atoms with Gasteiger partial charge in [0, 0.05) is 24.1 Å². The summed E-state index contributed by atoms with van der Waals surface area (Å²) in [6, 6.07) is 0. The molecule has 0 heterocycles. The number of carbonyl (C=O) groups excluding carboxylic acids is 2. The molecule has 0 aromatic heterocycles. The Hall–Kier alpha value is -0.640. The second-order valence-corrected chi connectivity index (χ2v) is 12.6. The minimum Gasteiger partial charge on any atom is -0.462 e. The van der Waals surface area contributed by atoms with Crippen LogP contribution in [0, 0.1) is 35.0 Å². The van der Waals surface area contributed by atoms with Crippen LogP contribution in [0.5, 0.6) is 0 Å². The number of halogens is 1. The molecule has 33 heavy (non-hydrogen) atoms. The van der Waals surface area contributed by atoms with Crippen LogP contribution >= 0.6 is 15.9 Å². The maximum absolute atomic E-state index is 12.2. The quantitative estimate of drug-likeness (QED) is 0.167. The van der Waals surface area contributed by atoms with Gasteiger partial charge in [-0.1, -0.05) is 67.0 Å². The van der Waals surface area contributed by atoms with Crippen LogP contribution in [0.15, 0.2) is 11.6 Å². The van der Waals surface area contributed by atoms with E-state index in [4.69, 9.17) is 4.74 Å². The van der Waals surface area contributed by atoms with E-state index in [2.05, 4.69) is 22.9 Å². The zero-order chi connectivity index (χ0) is 23.4. The number of alkyl halides is 1. The smallest absolute Gasteiger partial charge is 0.302 e. The van der Waals surface area contributed by atoms with Crippen LogP contribution in [-0.2, 0) is 14.3 Å². The Morgan fingerprint density at radius 3 is 2.52 bits per heavy atom. The predicted octanol–water partition coefficient (Wildman–Crippen LogP) is 7.80. The van der Waals surface area contributed by atoms with Crippen molar-refractivity contribution in [2.24, 2.45) is 35.0 Å². The predicted molar refractivity (Wildman–Crippen MR) is 137 cm³/mol. The van der Waals surface area contributed by atoms with E-state index in [1.54, 1.807) is 6.92 Å². The van der Waals surface area contributed by atoms with Gasteiger partial charge in [-0.2, -0.15) is 0 Å². The Bertz CT molecular complexity index is 730. The lowest BCUT2D eigenvalue weighted by Crippen LogP contribution is -2.51. The van der Waals surface area contributed by atoms with E-state index < -0.39 is 0 Å². The monoisotopic (exact) mass is 520 g/mol. The molecule has 4 aliphatic carbocycles. The van der Waals surface area contributed by atoms with Gasteiger partial charge in [0.1, 0.15) is 6.10 Å². The summed E-state index contributed by atoms with van der Waals surface area (Å²) in [6.07, 6.45) is 20.5. The lowest BCUT2D eigenvalue weighted by Gasteiger charge is -2.56. The minimum absolute atomic E-state index is 0.103. The largest absolute Gasteiger partial charge is 0.462 e. The van der Waals surface area contributed by atoms with Crippen molar-refractivity contribution in [3.63, 3.8) is 0 Å². The van der Waals surface area contributed by atoms with Gasteiger partial charge in [-0.3, -0.25) is 9.59 Å². The van der Waals surface area contributed by atoms with E-state index in [0.717, 1.165) is 42.8 Å². The highest BCUT2D eigenvalue weighted by Gasteiger charge is 2.59. The number of fused-ring (bicyclic) bond motifs is 5. The molecule has 0 aliphatic heterocycles. The summed E-state index contributed by atoms with van der Waals surface area (Å²) < 4.78 is 5.87. The molecule has 0 aromatic carbocycles. The van der Waals surface area contributed by atoms with Gasteiger partial charge in [-0.15, -0.1) is 0 Å². The highest BCUT2D eigenvalue weighted by molar-refractivity contribution is 9.09. The third-order valence-electron chi connectivity index (χ3n) is 9.90. The van der Waals surface area contributed by atoms with Crippen molar-refractivity contribution in [2.75, 3.05) is 5.33 Å². The van der Waals surface area contributed by atoms with Gasteiger partial charge in [-0.05, 0) is 87.0 Å². The first-order valence-electron chi connectivity index (χ1n) is 13.9. The molecule has 186 valence electrons.